The molecule has 0 unspecified atom stereocenters. The van der Waals surface area contributed by atoms with Gasteiger partial charge in [0.2, 0.25) is 0 Å². The van der Waals surface area contributed by atoms with Crippen LogP contribution in [0.25, 0.3) is 0 Å². The molecular weight excluding hydrogens is 184 g/mol. The van der Waals surface area contributed by atoms with Crippen molar-refractivity contribution in [3.63, 3.8) is 0 Å². The third kappa shape index (κ3) is 5.31. The molecule has 0 radical (unpaired) electrons. The van der Waals surface area contributed by atoms with E-state index in [1.807, 2.05) is 19.2 Å². The second-order valence-corrected chi connectivity index (χ2v) is 3.75. The van der Waals surface area contributed by atoms with Crippen LogP contribution < -0.4 is 0 Å². The normalized spacial score (nSPS) is 10.4. The minimum absolute atomic E-state index is 0.973. The molecule has 0 saturated heterocycles. The van der Waals surface area contributed by atoms with Crippen LogP contribution in [0.5, 0.6) is 0 Å². The molecule has 0 aromatic rings. The molecule has 0 rings (SSSR count). The van der Waals surface area contributed by atoms with E-state index in [4.69, 9.17) is 0 Å². The predicted octanol–water partition coefficient (Wildman–Crippen LogP) is 2.86. The van der Waals surface area contributed by atoms with E-state index in [1.165, 1.54) is 0 Å². The van der Waals surface area contributed by atoms with Gasteiger partial charge >= 0.3 is 0 Å². The van der Waals surface area contributed by atoms with Crippen LogP contribution in [-0.4, -0.2) is 37.0 Å². The standard InChI is InChI=1S/C13H24N2/c1-7-11-15(6)13(4)10-9-12(3)14(5)8-2/h9-10H,3-4,7-8,11H2,1-2,5-6H3/b10-9-. The van der Waals surface area contributed by atoms with Crippen LogP contribution >= 0.6 is 0 Å². The van der Waals surface area contributed by atoms with Gasteiger partial charge in [-0.3, -0.25) is 0 Å². The molecule has 0 N–H and O–H groups in total. The number of nitrogens with zero attached hydrogens (tertiary/aromatic N) is 2. The molecule has 0 heterocycles. The van der Waals surface area contributed by atoms with Crippen molar-refractivity contribution in [3.8, 4) is 0 Å². The van der Waals surface area contributed by atoms with Crippen molar-refractivity contribution in [2.75, 3.05) is 27.2 Å². The van der Waals surface area contributed by atoms with Crippen molar-refractivity contribution in [2.24, 2.45) is 0 Å². The Labute approximate surface area is 94.6 Å². The van der Waals surface area contributed by atoms with E-state index in [0.717, 1.165) is 30.9 Å². The maximum Gasteiger partial charge on any atom is 0.0291 e. The molecule has 86 valence electrons. The predicted molar refractivity (Wildman–Crippen MR) is 68.6 cm³/mol. The highest BCUT2D eigenvalue weighted by Gasteiger charge is 1.97. The van der Waals surface area contributed by atoms with Crippen LogP contribution in [0.1, 0.15) is 20.3 Å². The van der Waals surface area contributed by atoms with Crippen molar-refractivity contribution in [1.29, 1.82) is 0 Å². The highest BCUT2D eigenvalue weighted by Crippen LogP contribution is 2.05. The lowest BCUT2D eigenvalue weighted by molar-refractivity contribution is 0.429. The van der Waals surface area contributed by atoms with Gasteiger partial charge in [0.25, 0.3) is 0 Å². The fourth-order valence-electron chi connectivity index (χ4n) is 1.13. The van der Waals surface area contributed by atoms with E-state index in [-0.39, 0.29) is 0 Å². The summed E-state index contributed by atoms with van der Waals surface area (Å²) in [6.07, 6.45) is 5.17. The summed E-state index contributed by atoms with van der Waals surface area (Å²) < 4.78 is 0. The number of hydrogen-bond donors (Lipinski definition) is 0. The van der Waals surface area contributed by atoms with Gasteiger partial charge < -0.3 is 9.80 Å². The summed E-state index contributed by atoms with van der Waals surface area (Å²) in [6, 6.07) is 0. The Morgan fingerprint density at radius 1 is 1.00 bits per heavy atom. The molecule has 0 aliphatic rings. The molecule has 2 heteroatoms. The van der Waals surface area contributed by atoms with Gasteiger partial charge in [-0.05, 0) is 25.5 Å². The average Bonchev–Trinajstić information content (AvgIpc) is 2.24. The van der Waals surface area contributed by atoms with E-state index < -0.39 is 0 Å². The van der Waals surface area contributed by atoms with Gasteiger partial charge in [0, 0.05) is 38.6 Å². The molecule has 0 aromatic heterocycles. The molecule has 0 atom stereocenters. The van der Waals surface area contributed by atoms with E-state index >= 15 is 0 Å². The van der Waals surface area contributed by atoms with Crippen LogP contribution in [0.15, 0.2) is 36.7 Å². The smallest absolute Gasteiger partial charge is 0.0291 e. The summed E-state index contributed by atoms with van der Waals surface area (Å²) in [6.45, 7) is 14.3. The van der Waals surface area contributed by atoms with Crippen molar-refractivity contribution in [3.05, 3.63) is 36.7 Å². The number of rotatable bonds is 7. The maximum atomic E-state index is 4.01. The quantitative estimate of drug-likeness (QED) is 0.594. The zero-order valence-electron chi connectivity index (χ0n) is 10.6. The third-order valence-electron chi connectivity index (χ3n) is 2.48. The van der Waals surface area contributed by atoms with Gasteiger partial charge in [0.1, 0.15) is 0 Å². The van der Waals surface area contributed by atoms with E-state index in [9.17, 15) is 0 Å². The fraction of sp³-hybridized carbons (Fsp3) is 0.538. The van der Waals surface area contributed by atoms with Gasteiger partial charge in [-0.15, -0.1) is 0 Å². The lowest BCUT2D eigenvalue weighted by Crippen LogP contribution is -2.17. The Morgan fingerprint density at radius 2 is 1.47 bits per heavy atom. The zero-order valence-corrected chi connectivity index (χ0v) is 10.6. The van der Waals surface area contributed by atoms with Crippen molar-refractivity contribution in [2.45, 2.75) is 20.3 Å². The van der Waals surface area contributed by atoms with Crippen LogP contribution in [-0.2, 0) is 0 Å². The molecule has 0 saturated carbocycles. The second-order valence-electron chi connectivity index (χ2n) is 3.75. The first-order chi connectivity index (χ1) is 7.02. The highest BCUT2D eigenvalue weighted by molar-refractivity contribution is 5.22. The van der Waals surface area contributed by atoms with Crippen LogP contribution in [0.2, 0.25) is 0 Å². The van der Waals surface area contributed by atoms with Gasteiger partial charge in [0.05, 0.1) is 0 Å². The fourth-order valence-corrected chi connectivity index (χ4v) is 1.13. The van der Waals surface area contributed by atoms with Crippen molar-refractivity contribution < 1.29 is 0 Å². The van der Waals surface area contributed by atoms with E-state index in [2.05, 4.69) is 43.9 Å². The Bertz CT molecular complexity index is 241. The largest absolute Gasteiger partial charge is 0.375 e. The summed E-state index contributed by atoms with van der Waals surface area (Å²) in [5, 5.41) is 0. The van der Waals surface area contributed by atoms with Crippen LogP contribution in [0, 0.1) is 0 Å². The summed E-state index contributed by atoms with van der Waals surface area (Å²) in [5.74, 6) is 0. The summed E-state index contributed by atoms with van der Waals surface area (Å²) in [4.78, 5) is 4.25. The van der Waals surface area contributed by atoms with Crippen LogP contribution in [0.3, 0.4) is 0 Å². The second kappa shape index (κ2) is 7.16. The molecule has 0 fully saturated rings. The molecule has 0 aliphatic carbocycles. The number of allylic oxidation sites excluding steroid dienone is 2. The minimum Gasteiger partial charge on any atom is -0.375 e. The molecule has 2 nitrogen and oxygen atoms in total. The van der Waals surface area contributed by atoms with Gasteiger partial charge in [0.15, 0.2) is 0 Å². The Hall–Kier alpha value is -1.18. The van der Waals surface area contributed by atoms with E-state index in [0.29, 0.717) is 0 Å². The third-order valence-corrected chi connectivity index (χ3v) is 2.48. The van der Waals surface area contributed by atoms with Gasteiger partial charge in [-0.1, -0.05) is 20.1 Å². The van der Waals surface area contributed by atoms with Crippen LogP contribution in [0.4, 0.5) is 0 Å². The average molecular weight is 208 g/mol. The van der Waals surface area contributed by atoms with Crippen molar-refractivity contribution in [1.82, 2.24) is 9.80 Å². The molecule has 0 spiro atoms. The first kappa shape index (κ1) is 13.8. The lowest BCUT2D eigenvalue weighted by atomic mass is 10.3. The first-order valence-electron chi connectivity index (χ1n) is 5.51. The van der Waals surface area contributed by atoms with Crippen molar-refractivity contribution >= 4 is 0 Å². The summed E-state index contributed by atoms with van der Waals surface area (Å²) in [7, 11) is 4.09. The SMILES string of the molecule is C=C(/C=C\C(=C)N(C)CCC)N(C)CC. The van der Waals surface area contributed by atoms with Gasteiger partial charge in [-0.25, -0.2) is 0 Å². The lowest BCUT2D eigenvalue weighted by Gasteiger charge is -2.19. The monoisotopic (exact) mass is 208 g/mol. The Kier molecular flexibility index (Phi) is 6.59. The number of hydrogen-bond acceptors (Lipinski definition) is 2. The Morgan fingerprint density at radius 3 is 1.87 bits per heavy atom. The highest BCUT2D eigenvalue weighted by atomic mass is 15.1. The molecule has 15 heavy (non-hydrogen) atoms. The van der Waals surface area contributed by atoms with E-state index in [1.54, 1.807) is 0 Å². The van der Waals surface area contributed by atoms with Gasteiger partial charge in [-0.2, -0.15) is 0 Å². The molecule has 0 aromatic carbocycles. The molecule has 0 amide bonds. The maximum absolute atomic E-state index is 4.01. The summed E-state index contributed by atoms with van der Waals surface area (Å²) in [5.41, 5.74) is 2.05. The molecular formula is C13H24N2. The Balaban J connectivity index is 4.16. The summed E-state index contributed by atoms with van der Waals surface area (Å²) >= 11 is 0. The first-order valence-corrected chi connectivity index (χ1v) is 5.51. The number of likely N-dealkylation sites (N-methyl/N-ethyl adjacent to an activating group) is 2. The molecule has 0 bridgehead atoms. The topological polar surface area (TPSA) is 6.48 Å². The zero-order chi connectivity index (χ0) is 11.8. The molecule has 0 aliphatic heterocycles. The minimum atomic E-state index is 0.973.